The summed E-state index contributed by atoms with van der Waals surface area (Å²) in [5.74, 6) is 0. The highest BCUT2D eigenvalue weighted by Crippen LogP contribution is 2.35. The van der Waals surface area contributed by atoms with Crippen molar-refractivity contribution in [3.8, 4) is 0 Å². The molecule has 0 aromatic heterocycles. The molecule has 1 amide bonds. The molecule has 28 heavy (non-hydrogen) atoms. The number of benzene rings is 1. The van der Waals surface area contributed by atoms with Crippen molar-refractivity contribution in [3.05, 3.63) is 45.8 Å². The van der Waals surface area contributed by atoms with Gasteiger partial charge in [0, 0.05) is 36.6 Å². The van der Waals surface area contributed by atoms with Crippen LogP contribution in [0, 0.1) is 10.1 Å². The molecule has 1 atom stereocenters. The van der Waals surface area contributed by atoms with Crippen LogP contribution in [0.1, 0.15) is 12.5 Å². The average Bonchev–Trinajstić information content (AvgIpc) is 2.67. The number of rotatable bonds is 4. The smallest absolute Gasteiger partial charge is 0.299 e. The van der Waals surface area contributed by atoms with E-state index < -0.39 is 4.92 Å². The maximum Gasteiger partial charge on any atom is 0.299 e. The molecule has 0 saturated carbocycles. The molecular weight excluding hydrogens is 515 g/mol. The maximum absolute atomic E-state index is 11.7. The molecule has 3 N–H and O–H groups in total. The fourth-order valence-corrected chi connectivity index (χ4v) is 4.32. The van der Waals surface area contributed by atoms with Crippen LogP contribution in [0.3, 0.4) is 0 Å². The van der Waals surface area contributed by atoms with Gasteiger partial charge in [0.25, 0.3) is 10.9 Å². The van der Waals surface area contributed by atoms with E-state index in [-0.39, 0.29) is 40.2 Å². The van der Waals surface area contributed by atoms with Gasteiger partial charge in [-0.1, -0.05) is 29.8 Å². The molecule has 3 rings (SSSR count). The van der Waals surface area contributed by atoms with Gasteiger partial charge in [-0.15, -0.1) is 24.0 Å². The lowest BCUT2D eigenvalue weighted by molar-refractivity contribution is -0.384. The number of piperazine rings is 1. The second-order valence-corrected chi connectivity index (χ2v) is 8.17. The number of nitro benzene ring substituents is 1. The number of nitro groups is 1. The third-order valence-corrected chi connectivity index (χ3v) is 6.11. The van der Waals surface area contributed by atoms with Crippen molar-refractivity contribution in [2.75, 3.05) is 30.8 Å². The lowest BCUT2D eigenvalue weighted by atomic mass is 10.0. The molecule has 1 fully saturated rings. The summed E-state index contributed by atoms with van der Waals surface area (Å²) in [6, 6.07) is 5.03. The fraction of sp³-hybridized carbons (Fsp3) is 0.375. The van der Waals surface area contributed by atoms with Crippen molar-refractivity contribution < 1.29 is 9.72 Å². The molecule has 1 unspecified atom stereocenters. The van der Waals surface area contributed by atoms with Crippen LogP contribution in [-0.4, -0.2) is 51.3 Å². The number of carbonyl (C=O) groups excluding carboxylic acids is 1. The first kappa shape index (κ1) is 22.8. The quantitative estimate of drug-likeness (QED) is 0.261. The second kappa shape index (κ2) is 9.80. The van der Waals surface area contributed by atoms with Gasteiger partial charge in [0.2, 0.25) is 0 Å². The van der Waals surface area contributed by atoms with Crippen molar-refractivity contribution in [1.82, 2.24) is 9.73 Å². The van der Waals surface area contributed by atoms with E-state index in [1.54, 1.807) is 24.1 Å². The normalized spacial score (nSPS) is 21.7. The number of anilines is 1. The largest absolute Gasteiger partial charge is 0.403 e. The summed E-state index contributed by atoms with van der Waals surface area (Å²) in [6.45, 7) is 3.83. The Morgan fingerprint density at radius 3 is 2.82 bits per heavy atom. The molecule has 152 valence electrons. The standard InChI is InChI=1S/C16H20N6O3S2.HI/c1-10-15(18-19-16(23)27-10)11-3-4-13(14(7-11)22(24)25)21-6-5-20(26-2)9-12(21)8-17;/h3-4,7-8,10H,5-6,9,17H2,1-2H3,(H,19,23);1H. The zero-order valence-electron chi connectivity index (χ0n) is 15.3. The molecule has 0 radical (unpaired) electrons. The van der Waals surface area contributed by atoms with E-state index in [0.29, 0.717) is 30.1 Å². The number of halogens is 1. The Hall–Kier alpha value is -1.51. The first-order valence-corrected chi connectivity index (χ1v) is 10.3. The summed E-state index contributed by atoms with van der Waals surface area (Å²) in [6.07, 6.45) is 3.49. The topological polar surface area (TPSA) is 117 Å². The summed E-state index contributed by atoms with van der Waals surface area (Å²) in [7, 11) is 0. The minimum atomic E-state index is -0.395. The van der Waals surface area contributed by atoms with E-state index in [9.17, 15) is 14.9 Å². The van der Waals surface area contributed by atoms with Gasteiger partial charge < -0.3 is 10.6 Å². The zero-order chi connectivity index (χ0) is 19.6. The van der Waals surface area contributed by atoms with Crippen LogP contribution in [-0.2, 0) is 0 Å². The molecule has 1 aromatic carbocycles. The lowest BCUT2D eigenvalue weighted by Crippen LogP contribution is -2.42. The molecule has 1 saturated heterocycles. The van der Waals surface area contributed by atoms with Gasteiger partial charge in [0.1, 0.15) is 5.69 Å². The minimum absolute atomic E-state index is 0. The number of hydrogen-bond donors (Lipinski definition) is 2. The molecule has 2 heterocycles. The number of hydrogen-bond acceptors (Lipinski definition) is 9. The van der Waals surface area contributed by atoms with Gasteiger partial charge in [-0.05, 0) is 19.2 Å². The van der Waals surface area contributed by atoms with Gasteiger partial charge in [0.05, 0.1) is 22.4 Å². The fourth-order valence-electron chi connectivity index (χ4n) is 3.07. The Bertz CT molecular complexity index is 835. The number of thioether (sulfide) groups is 1. The van der Waals surface area contributed by atoms with E-state index in [0.717, 1.165) is 24.0 Å². The van der Waals surface area contributed by atoms with E-state index in [2.05, 4.69) is 14.8 Å². The first-order valence-electron chi connectivity index (χ1n) is 8.25. The highest BCUT2D eigenvalue weighted by atomic mass is 127. The predicted octanol–water partition coefficient (Wildman–Crippen LogP) is 2.96. The summed E-state index contributed by atoms with van der Waals surface area (Å²) < 4.78 is 2.15. The van der Waals surface area contributed by atoms with E-state index in [4.69, 9.17) is 5.73 Å². The summed E-state index contributed by atoms with van der Waals surface area (Å²) in [5.41, 5.74) is 10.7. The number of nitrogens with two attached hydrogens (primary N) is 1. The SMILES string of the molecule is CSN1CCN(c2ccc(C3=NNC(=O)SC3C)cc2[N+](=O)[O-])C(=CN)C1.I. The Morgan fingerprint density at radius 2 is 2.21 bits per heavy atom. The molecule has 9 nitrogen and oxygen atoms in total. The number of hydrazone groups is 1. The third-order valence-electron chi connectivity index (χ3n) is 4.40. The first-order chi connectivity index (χ1) is 12.9. The zero-order valence-corrected chi connectivity index (χ0v) is 19.3. The van der Waals surface area contributed by atoms with E-state index in [1.807, 2.05) is 18.1 Å². The Labute approximate surface area is 188 Å². The van der Waals surface area contributed by atoms with Crippen molar-refractivity contribution in [1.29, 1.82) is 0 Å². The van der Waals surface area contributed by atoms with Crippen LogP contribution in [0.4, 0.5) is 16.2 Å². The van der Waals surface area contributed by atoms with E-state index >= 15 is 0 Å². The third kappa shape index (κ3) is 4.72. The highest BCUT2D eigenvalue weighted by Gasteiger charge is 2.29. The molecular formula is C16H21IN6O3S2. The Kier molecular flexibility index (Phi) is 7.97. The van der Waals surface area contributed by atoms with Crippen LogP contribution >= 0.6 is 47.7 Å². The Morgan fingerprint density at radius 1 is 1.46 bits per heavy atom. The van der Waals surface area contributed by atoms with Gasteiger partial charge in [-0.2, -0.15) is 5.10 Å². The molecule has 1 aromatic rings. The van der Waals surface area contributed by atoms with Crippen LogP contribution < -0.4 is 16.1 Å². The summed E-state index contributed by atoms with van der Waals surface area (Å²) in [4.78, 5) is 24.7. The molecule has 2 aliphatic rings. The van der Waals surface area contributed by atoms with Crippen LogP contribution in [0.25, 0.3) is 0 Å². The molecule has 0 aliphatic carbocycles. The Balaban J connectivity index is 0.00000280. The summed E-state index contributed by atoms with van der Waals surface area (Å²) >= 11 is 2.72. The van der Waals surface area contributed by atoms with Gasteiger partial charge in [0.15, 0.2) is 0 Å². The van der Waals surface area contributed by atoms with Crippen molar-refractivity contribution in [2.45, 2.75) is 12.2 Å². The number of carbonyl (C=O) groups is 1. The summed E-state index contributed by atoms with van der Waals surface area (Å²) in [5, 5.41) is 15.4. The maximum atomic E-state index is 11.7. The van der Waals surface area contributed by atoms with Gasteiger partial charge in [-0.25, -0.2) is 9.73 Å². The second-order valence-electron chi connectivity index (χ2n) is 5.97. The molecule has 0 bridgehead atoms. The van der Waals surface area contributed by atoms with E-state index in [1.165, 1.54) is 12.3 Å². The van der Waals surface area contributed by atoms with Gasteiger partial charge in [-0.3, -0.25) is 14.9 Å². The van der Waals surface area contributed by atoms with Crippen LogP contribution in [0.5, 0.6) is 0 Å². The molecule has 12 heteroatoms. The van der Waals surface area contributed by atoms with Crippen LogP contribution in [0.2, 0.25) is 0 Å². The number of amides is 1. The minimum Gasteiger partial charge on any atom is -0.403 e. The van der Waals surface area contributed by atoms with Crippen molar-refractivity contribution in [2.24, 2.45) is 10.8 Å². The molecule has 0 spiro atoms. The van der Waals surface area contributed by atoms with Crippen LogP contribution in [0.15, 0.2) is 35.2 Å². The average molecular weight is 536 g/mol. The van der Waals surface area contributed by atoms with Gasteiger partial charge >= 0.3 is 0 Å². The monoisotopic (exact) mass is 536 g/mol. The number of nitrogens with zero attached hydrogens (tertiary/aromatic N) is 4. The lowest BCUT2D eigenvalue weighted by Gasteiger charge is -2.36. The van der Waals surface area contributed by atoms with Crippen molar-refractivity contribution >= 4 is 70.0 Å². The predicted molar refractivity (Wildman–Crippen MR) is 125 cm³/mol. The number of nitrogens with one attached hydrogen (secondary N) is 1. The van der Waals surface area contributed by atoms with Crippen molar-refractivity contribution in [3.63, 3.8) is 0 Å². The molecule has 2 aliphatic heterocycles. The highest BCUT2D eigenvalue weighted by molar-refractivity contribution is 14.0.